The lowest BCUT2D eigenvalue weighted by molar-refractivity contribution is -0.112. The summed E-state index contributed by atoms with van der Waals surface area (Å²) in [5.41, 5.74) is 2.16. The lowest BCUT2D eigenvalue weighted by atomic mass is 10.1. The molecule has 0 saturated carbocycles. The van der Waals surface area contributed by atoms with E-state index < -0.39 is 5.91 Å². The van der Waals surface area contributed by atoms with Gasteiger partial charge in [-0.3, -0.25) is 4.79 Å². The van der Waals surface area contributed by atoms with Crippen molar-refractivity contribution in [2.24, 2.45) is 0 Å². The molecule has 2 aromatic rings. The largest absolute Gasteiger partial charge is 0.492 e. The molecule has 0 bridgehead atoms. The number of carbonyl (C=O) groups excluding carboxylic acids is 1. The fourth-order valence-electron chi connectivity index (χ4n) is 2.12. The van der Waals surface area contributed by atoms with Crippen LogP contribution < -0.4 is 10.1 Å². The number of nitriles is 1. The van der Waals surface area contributed by atoms with E-state index in [2.05, 4.69) is 21.2 Å². The SMILES string of the molecule is CCCOc1ccc(/C=C(\C#N)C(=O)Nc2ccc(C)c(Cl)c2)cc1Br. The molecule has 4 nitrogen and oxygen atoms in total. The summed E-state index contributed by atoms with van der Waals surface area (Å²) in [5.74, 6) is 0.233. The first kappa shape index (κ1) is 20.0. The zero-order chi connectivity index (χ0) is 19.1. The van der Waals surface area contributed by atoms with E-state index in [0.717, 1.165) is 27.8 Å². The number of anilines is 1. The standard InChI is InChI=1S/C20H18BrClN2O2/c1-3-8-26-19-7-5-14(10-17(19)21)9-15(12-23)20(25)24-16-6-4-13(2)18(22)11-16/h4-7,9-11H,3,8H2,1-2H3,(H,24,25)/b15-9+. The van der Waals surface area contributed by atoms with Gasteiger partial charge in [-0.1, -0.05) is 30.7 Å². The number of halogens is 2. The van der Waals surface area contributed by atoms with Crippen molar-refractivity contribution in [3.05, 3.63) is 62.6 Å². The van der Waals surface area contributed by atoms with Gasteiger partial charge >= 0.3 is 0 Å². The maximum atomic E-state index is 12.4. The maximum Gasteiger partial charge on any atom is 0.266 e. The monoisotopic (exact) mass is 432 g/mol. The van der Waals surface area contributed by atoms with E-state index in [-0.39, 0.29) is 5.57 Å². The highest BCUT2D eigenvalue weighted by molar-refractivity contribution is 9.10. The molecule has 0 radical (unpaired) electrons. The number of hydrogen-bond acceptors (Lipinski definition) is 3. The minimum Gasteiger partial charge on any atom is -0.492 e. The molecule has 0 fully saturated rings. The Labute approximate surface area is 166 Å². The molecule has 0 aliphatic carbocycles. The number of nitrogens with zero attached hydrogens (tertiary/aromatic N) is 1. The summed E-state index contributed by atoms with van der Waals surface area (Å²) in [7, 11) is 0. The molecule has 2 aromatic carbocycles. The van der Waals surface area contributed by atoms with Crippen LogP contribution in [-0.2, 0) is 4.79 Å². The van der Waals surface area contributed by atoms with Crippen molar-refractivity contribution in [1.29, 1.82) is 5.26 Å². The lowest BCUT2D eigenvalue weighted by Crippen LogP contribution is -2.13. The molecule has 0 unspecified atom stereocenters. The molecule has 1 amide bonds. The molecule has 0 spiro atoms. The normalized spacial score (nSPS) is 11.0. The molecule has 0 aliphatic rings. The van der Waals surface area contributed by atoms with Crippen molar-refractivity contribution in [3.63, 3.8) is 0 Å². The van der Waals surface area contributed by atoms with Crippen molar-refractivity contribution < 1.29 is 9.53 Å². The molecule has 6 heteroatoms. The van der Waals surface area contributed by atoms with E-state index in [1.807, 2.05) is 19.9 Å². The molecule has 0 atom stereocenters. The Morgan fingerprint density at radius 3 is 2.73 bits per heavy atom. The van der Waals surface area contributed by atoms with Crippen LogP contribution in [0.4, 0.5) is 5.69 Å². The van der Waals surface area contributed by atoms with E-state index in [9.17, 15) is 10.1 Å². The van der Waals surface area contributed by atoms with E-state index >= 15 is 0 Å². The highest BCUT2D eigenvalue weighted by Crippen LogP contribution is 2.27. The van der Waals surface area contributed by atoms with Gasteiger partial charge in [0.25, 0.3) is 5.91 Å². The number of nitrogens with one attached hydrogen (secondary N) is 1. The Morgan fingerprint density at radius 2 is 2.12 bits per heavy atom. The number of rotatable bonds is 6. The first-order valence-electron chi connectivity index (χ1n) is 8.06. The second kappa shape index (κ2) is 9.42. The molecular weight excluding hydrogens is 416 g/mol. The number of benzene rings is 2. The molecule has 0 heterocycles. The Hall–Kier alpha value is -2.29. The summed E-state index contributed by atoms with van der Waals surface area (Å²) in [6, 6.07) is 12.5. The van der Waals surface area contributed by atoms with Crippen molar-refractivity contribution >= 4 is 45.2 Å². The quantitative estimate of drug-likeness (QED) is 0.466. The van der Waals surface area contributed by atoms with Crippen molar-refractivity contribution in [2.45, 2.75) is 20.3 Å². The zero-order valence-corrected chi connectivity index (χ0v) is 16.8. The predicted molar refractivity (Wildman–Crippen MR) is 108 cm³/mol. The third-order valence-electron chi connectivity index (χ3n) is 3.52. The van der Waals surface area contributed by atoms with Gasteiger partial charge in [0.1, 0.15) is 17.4 Å². The topological polar surface area (TPSA) is 62.1 Å². The van der Waals surface area contributed by atoms with Gasteiger partial charge < -0.3 is 10.1 Å². The average molecular weight is 434 g/mol. The van der Waals surface area contributed by atoms with Crippen molar-refractivity contribution in [2.75, 3.05) is 11.9 Å². The van der Waals surface area contributed by atoms with Crippen LogP contribution in [0.15, 0.2) is 46.4 Å². The third-order valence-corrected chi connectivity index (χ3v) is 4.55. The number of carbonyl (C=O) groups is 1. The molecule has 2 rings (SSSR count). The first-order valence-corrected chi connectivity index (χ1v) is 9.23. The molecule has 1 N–H and O–H groups in total. The summed E-state index contributed by atoms with van der Waals surface area (Å²) < 4.78 is 6.36. The van der Waals surface area contributed by atoms with Crippen LogP contribution in [0.1, 0.15) is 24.5 Å². The minimum atomic E-state index is -0.491. The zero-order valence-electron chi connectivity index (χ0n) is 14.5. The van der Waals surface area contributed by atoms with Crippen LogP contribution in [0.3, 0.4) is 0 Å². The van der Waals surface area contributed by atoms with Crippen molar-refractivity contribution in [1.82, 2.24) is 0 Å². The fraction of sp³-hybridized carbons (Fsp3) is 0.200. The van der Waals surface area contributed by atoms with Crippen LogP contribution in [0.5, 0.6) is 5.75 Å². The smallest absolute Gasteiger partial charge is 0.266 e. The van der Waals surface area contributed by atoms with Gasteiger partial charge in [-0.15, -0.1) is 0 Å². The van der Waals surface area contributed by atoms with E-state index in [4.69, 9.17) is 16.3 Å². The molecule has 26 heavy (non-hydrogen) atoms. The van der Waals surface area contributed by atoms with Crippen LogP contribution in [-0.4, -0.2) is 12.5 Å². The summed E-state index contributed by atoms with van der Waals surface area (Å²) in [6.07, 6.45) is 2.44. The van der Waals surface area contributed by atoms with E-state index in [0.29, 0.717) is 17.3 Å². The highest BCUT2D eigenvalue weighted by atomic mass is 79.9. The maximum absolute atomic E-state index is 12.4. The Balaban J connectivity index is 2.18. The minimum absolute atomic E-state index is 0.00387. The third kappa shape index (κ3) is 5.35. The number of amides is 1. The Kier molecular flexibility index (Phi) is 7.26. The summed E-state index contributed by atoms with van der Waals surface area (Å²) >= 11 is 9.50. The van der Waals surface area contributed by atoms with Gasteiger partial charge in [0.05, 0.1) is 11.1 Å². The lowest BCUT2D eigenvalue weighted by Gasteiger charge is -2.08. The Morgan fingerprint density at radius 1 is 1.35 bits per heavy atom. The van der Waals surface area contributed by atoms with Gasteiger partial charge in [0.15, 0.2) is 0 Å². The van der Waals surface area contributed by atoms with Gasteiger partial charge in [-0.05, 0) is 70.7 Å². The molecular formula is C20H18BrClN2O2. The second-order valence-electron chi connectivity index (χ2n) is 5.63. The van der Waals surface area contributed by atoms with Crippen LogP contribution >= 0.6 is 27.5 Å². The number of aryl methyl sites for hydroxylation is 1. The fourth-order valence-corrected chi connectivity index (χ4v) is 2.81. The summed E-state index contributed by atoms with van der Waals surface area (Å²) in [4.78, 5) is 12.4. The van der Waals surface area contributed by atoms with E-state index in [1.165, 1.54) is 6.08 Å². The Bertz CT molecular complexity index is 888. The van der Waals surface area contributed by atoms with Crippen LogP contribution in [0, 0.1) is 18.3 Å². The van der Waals surface area contributed by atoms with E-state index in [1.54, 1.807) is 36.4 Å². The summed E-state index contributed by atoms with van der Waals surface area (Å²) in [5, 5.41) is 12.6. The predicted octanol–water partition coefficient (Wildman–Crippen LogP) is 5.75. The molecule has 134 valence electrons. The summed E-state index contributed by atoms with van der Waals surface area (Å²) in [6.45, 7) is 4.53. The number of ether oxygens (including phenoxy) is 1. The molecule has 0 aliphatic heterocycles. The number of hydrogen-bond donors (Lipinski definition) is 1. The highest BCUT2D eigenvalue weighted by Gasteiger charge is 2.11. The van der Waals surface area contributed by atoms with Crippen LogP contribution in [0.2, 0.25) is 5.02 Å². The van der Waals surface area contributed by atoms with Gasteiger partial charge in [-0.25, -0.2) is 0 Å². The van der Waals surface area contributed by atoms with Gasteiger partial charge in [-0.2, -0.15) is 5.26 Å². The molecule has 0 aromatic heterocycles. The molecule has 0 saturated heterocycles. The van der Waals surface area contributed by atoms with Gasteiger partial charge in [0.2, 0.25) is 0 Å². The first-order chi connectivity index (χ1) is 12.4. The second-order valence-corrected chi connectivity index (χ2v) is 6.89. The average Bonchev–Trinajstić information content (AvgIpc) is 2.62. The van der Waals surface area contributed by atoms with Crippen LogP contribution in [0.25, 0.3) is 6.08 Å². The van der Waals surface area contributed by atoms with Gasteiger partial charge in [0, 0.05) is 10.7 Å². The van der Waals surface area contributed by atoms with Crippen molar-refractivity contribution in [3.8, 4) is 11.8 Å².